The third kappa shape index (κ3) is 13.4. The molecule has 16 heteroatoms. The minimum absolute atomic E-state index is 0.0528. The van der Waals surface area contributed by atoms with E-state index in [-0.39, 0.29) is 39.4 Å². The van der Waals surface area contributed by atoms with Gasteiger partial charge in [0.2, 0.25) is 0 Å². The Labute approximate surface area is 227 Å². The van der Waals surface area contributed by atoms with E-state index in [1.165, 1.54) is 0 Å². The number of hydrogen-bond donors (Lipinski definition) is 7. The highest BCUT2D eigenvalue weighted by molar-refractivity contribution is 6.14. The Morgan fingerprint density at radius 1 is 0.487 bits per heavy atom. The monoisotopic (exact) mass is 559 g/mol. The molecule has 0 rings (SSSR count). The lowest BCUT2D eigenvalue weighted by atomic mass is 10.1. The fourth-order valence-electron chi connectivity index (χ4n) is 2.91. The van der Waals surface area contributed by atoms with E-state index >= 15 is 0 Å². The molecule has 0 saturated carbocycles. The fraction of sp³-hybridized carbons (Fsp3) is 0.696. The SMILES string of the molecule is CCCOCCOC(=O)NC(C(=O)NC(C(=O)NCC)C(=O)NCC)C(=O)NC(C(=O)NCC)C(=O)NCC. The van der Waals surface area contributed by atoms with Gasteiger partial charge in [0.05, 0.1) is 6.61 Å². The standard InChI is InChI=1S/C23H41N7O9/c1-6-11-38-12-13-39-23(37)30-16(21(35)28-14(17(31)24-7-2)18(32)25-8-3)22(36)29-15(19(33)26-9-4)20(34)27-10-5/h14-16H,6-13H2,1-5H3,(H,24,31)(H,25,32)(H,26,33)(H,27,34)(H,28,35)(H,29,36)(H,30,37). The predicted molar refractivity (Wildman–Crippen MR) is 138 cm³/mol. The van der Waals surface area contributed by atoms with Crippen molar-refractivity contribution >= 4 is 41.5 Å². The summed E-state index contributed by atoms with van der Waals surface area (Å²) in [6, 6.07) is -5.61. The van der Waals surface area contributed by atoms with Gasteiger partial charge < -0.3 is 46.7 Å². The van der Waals surface area contributed by atoms with E-state index in [0.29, 0.717) is 6.61 Å². The highest BCUT2D eigenvalue weighted by atomic mass is 16.6. The number of ether oxygens (including phenoxy) is 2. The van der Waals surface area contributed by atoms with Crippen LogP contribution in [0.3, 0.4) is 0 Å². The third-order valence-corrected chi connectivity index (χ3v) is 4.62. The first-order chi connectivity index (χ1) is 18.6. The van der Waals surface area contributed by atoms with Crippen molar-refractivity contribution in [2.45, 2.75) is 59.2 Å². The van der Waals surface area contributed by atoms with Crippen LogP contribution in [0.1, 0.15) is 41.0 Å². The summed E-state index contributed by atoms with van der Waals surface area (Å²) in [5.74, 6) is -6.02. The van der Waals surface area contributed by atoms with Crippen LogP contribution in [-0.2, 0) is 38.2 Å². The van der Waals surface area contributed by atoms with Gasteiger partial charge in [-0.15, -0.1) is 0 Å². The van der Waals surface area contributed by atoms with E-state index < -0.39 is 59.7 Å². The zero-order valence-electron chi connectivity index (χ0n) is 23.1. The maximum Gasteiger partial charge on any atom is 0.408 e. The van der Waals surface area contributed by atoms with E-state index in [4.69, 9.17) is 9.47 Å². The van der Waals surface area contributed by atoms with Gasteiger partial charge in [0.25, 0.3) is 35.4 Å². The van der Waals surface area contributed by atoms with Gasteiger partial charge in [-0.1, -0.05) is 6.92 Å². The van der Waals surface area contributed by atoms with Crippen LogP contribution >= 0.6 is 0 Å². The molecule has 0 unspecified atom stereocenters. The van der Waals surface area contributed by atoms with Crippen LogP contribution in [0.4, 0.5) is 4.79 Å². The van der Waals surface area contributed by atoms with Gasteiger partial charge in [-0.2, -0.15) is 0 Å². The molecule has 0 bridgehead atoms. The van der Waals surface area contributed by atoms with Gasteiger partial charge in [0, 0.05) is 32.8 Å². The molecule has 16 nitrogen and oxygen atoms in total. The highest BCUT2D eigenvalue weighted by Crippen LogP contribution is 1.96. The number of nitrogens with one attached hydrogen (secondary N) is 7. The Morgan fingerprint density at radius 2 is 0.846 bits per heavy atom. The van der Waals surface area contributed by atoms with Crippen LogP contribution in [0.2, 0.25) is 0 Å². The molecule has 0 aromatic heterocycles. The fourth-order valence-corrected chi connectivity index (χ4v) is 2.91. The Morgan fingerprint density at radius 3 is 1.18 bits per heavy atom. The minimum atomic E-state index is -2.10. The molecule has 0 aromatic carbocycles. The topological polar surface area (TPSA) is 222 Å². The van der Waals surface area contributed by atoms with Gasteiger partial charge in [-0.3, -0.25) is 28.8 Å². The van der Waals surface area contributed by atoms with Crippen molar-refractivity contribution in [1.82, 2.24) is 37.2 Å². The quantitative estimate of drug-likeness (QED) is 0.0671. The molecule has 0 aliphatic rings. The number of hydrogen-bond acceptors (Lipinski definition) is 9. The summed E-state index contributed by atoms with van der Waals surface area (Å²) in [6.45, 7) is 9.09. The summed E-state index contributed by atoms with van der Waals surface area (Å²) in [5, 5.41) is 15.8. The third-order valence-electron chi connectivity index (χ3n) is 4.62. The lowest BCUT2D eigenvalue weighted by Gasteiger charge is -2.24. The maximum atomic E-state index is 13.1. The average molecular weight is 560 g/mol. The van der Waals surface area contributed by atoms with Gasteiger partial charge in [0.15, 0.2) is 18.1 Å². The first kappa shape index (κ1) is 35.0. The second kappa shape index (κ2) is 20.1. The molecule has 7 amide bonds. The largest absolute Gasteiger partial charge is 0.447 e. The van der Waals surface area contributed by atoms with Crippen LogP contribution in [0.25, 0.3) is 0 Å². The van der Waals surface area contributed by atoms with Crippen LogP contribution in [0.15, 0.2) is 0 Å². The normalized spacial score (nSPS) is 10.5. The van der Waals surface area contributed by atoms with Crippen LogP contribution in [0.5, 0.6) is 0 Å². The number of carbonyl (C=O) groups is 7. The van der Waals surface area contributed by atoms with Crippen molar-refractivity contribution in [3.05, 3.63) is 0 Å². The molecule has 0 heterocycles. The first-order valence-corrected chi connectivity index (χ1v) is 12.8. The van der Waals surface area contributed by atoms with Crippen molar-refractivity contribution in [1.29, 1.82) is 0 Å². The summed E-state index contributed by atoms with van der Waals surface area (Å²) < 4.78 is 10.1. The second-order valence-electron chi connectivity index (χ2n) is 7.79. The average Bonchev–Trinajstić information content (AvgIpc) is 2.88. The predicted octanol–water partition coefficient (Wildman–Crippen LogP) is -2.98. The summed E-state index contributed by atoms with van der Waals surface area (Å²) in [4.78, 5) is 88.2. The number of likely N-dealkylation sites (N-methyl/N-ethyl adjacent to an activating group) is 4. The summed E-state index contributed by atoms with van der Waals surface area (Å²) >= 11 is 0. The molecule has 0 aliphatic carbocycles. The zero-order valence-corrected chi connectivity index (χ0v) is 23.1. The lowest BCUT2D eigenvalue weighted by molar-refractivity contribution is -0.141. The second-order valence-corrected chi connectivity index (χ2v) is 7.79. The van der Waals surface area contributed by atoms with E-state index in [2.05, 4.69) is 31.9 Å². The number of alkyl carbamates (subject to hydrolysis) is 1. The highest BCUT2D eigenvalue weighted by Gasteiger charge is 2.38. The molecule has 0 spiro atoms. The van der Waals surface area contributed by atoms with Crippen LogP contribution in [-0.4, -0.2) is 106 Å². The lowest BCUT2D eigenvalue weighted by Crippen LogP contribution is -2.64. The van der Waals surface area contributed by atoms with Crippen molar-refractivity contribution in [3.63, 3.8) is 0 Å². The van der Waals surface area contributed by atoms with Crippen molar-refractivity contribution in [2.24, 2.45) is 0 Å². The zero-order chi connectivity index (χ0) is 29.8. The first-order valence-electron chi connectivity index (χ1n) is 12.8. The maximum absolute atomic E-state index is 13.1. The number of amides is 7. The molecule has 0 radical (unpaired) electrons. The number of carbonyl (C=O) groups excluding carboxylic acids is 7. The molecular weight excluding hydrogens is 518 g/mol. The van der Waals surface area contributed by atoms with E-state index in [1.807, 2.05) is 12.2 Å². The van der Waals surface area contributed by atoms with E-state index in [0.717, 1.165) is 6.42 Å². The van der Waals surface area contributed by atoms with Crippen molar-refractivity contribution in [3.8, 4) is 0 Å². The molecule has 7 N–H and O–H groups in total. The van der Waals surface area contributed by atoms with Crippen LogP contribution < -0.4 is 37.2 Å². The van der Waals surface area contributed by atoms with Gasteiger partial charge in [-0.25, -0.2) is 4.79 Å². The summed E-state index contributed by atoms with van der Waals surface area (Å²) in [6.07, 6.45) is -0.462. The number of rotatable bonds is 18. The molecule has 0 atom stereocenters. The Kier molecular flexibility index (Phi) is 18.0. The summed E-state index contributed by atoms with van der Waals surface area (Å²) in [5.41, 5.74) is 0. The van der Waals surface area contributed by atoms with Gasteiger partial charge in [0.1, 0.15) is 6.61 Å². The van der Waals surface area contributed by atoms with Gasteiger partial charge in [-0.05, 0) is 34.1 Å². The molecule has 222 valence electrons. The summed E-state index contributed by atoms with van der Waals surface area (Å²) in [7, 11) is 0. The smallest absolute Gasteiger partial charge is 0.408 e. The molecule has 0 aromatic rings. The molecule has 39 heavy (non-hydrogen) atoms. The molecule has 0 fully saturated rings. The van der Waals surface area contributed by atoms with E-state index in [1.54, 1.807) is 27.7 Å². The van der Waals surface area contributed by atoms with Crippen LogP contribution in [0, 0.1) is 0 Å². The Balaban J connectivity index is 5.97. The van der Waals surface area contributed by atoms with Crippen molar-refractivity contribution < 1.29 is 43.0 Å². The Hall–Kier alpha value is -3.95. The molecule has 0 saturated heterocycles. The Bertz CT molecular complexity index is 764. The molecular formula is C23H41N7O9. The van der Waals surface area contributed by atoms with Gasteiger partial charge >= 0.3 is 6.09 Å². The van der Waals surface area contributed by atoms with E-state index in [9.17, 15) is 33.6 Å². The van der Waals surface area contributed by atoms with Crippen molar-refractivity contribution in [2.75, 3.05) is 46.0 Å². The molecule has 0 aliphatic heterocycles. The minimum Gasteiger partial charge on any atom is -0.447 e.